The van der Waals surface area contributed by atoms with Gasteiger partial charge in [-0.3, -0.25) is 4.79 Å². The third-order valence-corrected chi connectivity index (χ3v) is 4.51. The van der Waals surface area contributed by atoms with Crippen LogP contribution in [0.2, 0.25) is 10.0 Å². The average Bonchev–Trinajstić information content (AvgIpc) is 2.60. The Morgan fingerprint density at radius 2 is 1.62 bits per heavy atom. The van der Waals surface area contributed by atoms with Crippen molar-refractivity contribution >= 4 is 34.9 Å². The van der Waals surface area contributed by atoms with Gasteiger partial charge in [0.25, 0.3) is 5.91 Å². The van der Waals surface area contributed by atoms with Crippen molar-refractivity contribution in [2.24, 2.45) is 0 Å². The minimum absolute atomic E-state index is 0.217. The van der Waals surface area contributed by atoms with Crippen LogP contribution in [0.25, 0.3) is 0 Å². The molecule has 2 aromatic rings. The van der Waals surface area contributed by atoms with Crippen LogP contribution in [0.5, 0.6) is 0 Å². The molecule has 9 heteroatoms. The predicted molar refractivity (Wildman–Crippen MR) is 93.8 cm³/mol. The van der Waals surface area contributed by atoms with E-state index in [-0.39, 0.29) is 11.7 Å². The van der Waals surface area contributed by atoms with Crippen LogP contribution in [0, 0.1) is 0 Å². The van der Waals surface area contributed by atoms with Crippen LogP contribution in [-0.2, 0) is 6.18 Å². The van der Waals surface area contributed by atoms with Gasteiger partial charge < -0.3 is 9.80 Å². The fraction of sp³-hybridized carbons (Fsp3) is 0.294. The number of carbonyl (C=O) groups excluding carboxylic acids is 1. The van der Waals surface area contributed by atoms with Gasteiger partial charge in [0.1, 0.15) is 5.82 Å². The SMILES string of the molecule is O=C(c1cc(Cl)cc(Cl)c1)N1CCN(c2cc(C(F)(F)F)ccn2)CC1. The van der Waals surface area contributed by atoms with Gasteiger partial charge >= 0.3 is 6.18 Å². The van der Waals surface area contributed by atoms with Crippen molar-refractivity contribution in [3.8, 4) is 0 Å². The molecule has 3 rings (SSSR count). The van der Waals surface area contributed by atoms with Gasteiger partial charge in [-0.25, -0.2) is 4.98 Å². The van der Waals surface area contributed by atoms with Crippen LogP contribution in [0.15, 0.2) is 36.5 Å². The summed E-state index contributed by atoms with van der Waals surface area (Å²) in [5, 5.41) is 0.736. The largest absolute Gasteiger partial charge is 0.416 e. The zero-order chi connectivity index (χ0) is 18.9. The Balaban J connectivity index is 1.68. The van der Waals surface area contributed by atoms with Crippen molar-refractivity contribution in [2.75, 3.05) is 31.1 Å². The zero-order valence-corrected chi connectivity index (χ0v) is 14.9. The number of aromatic nitrogens is 1. The van der Waals surface area contributed by atoms with Gasteiger partial charge in [0.05, 0.1) is 5.56 Å². The highest BCUT2D eigenvalue weighted by atomic mass is 35.5. The summed E-state index contributed by atoms with van der Waals surface area (Å²) in [6, 6.07) is 6.57. The number of pyridine rings is 1. The second-order valence-electron chi connectivity index (χ2n) is 5.84. The van der Waals surface area contributed by atoms with Gasteiger partial charge in [0.15, 0.2) is 0 Å². The molecule has 0 saturated carbocycles. The van der Waals surface area contributed by atoms with E-state index in [2.05, 4.69) is 4.98 Å². The van der Waals surface area contributed by atoms with Crippen LogP contribution in [-0.4, -0.2) is 42.0 Å². The zero-order valence-electron chi connectivity index (χ0n) is 13.4. The average molecular weight is 404 g/mol. The van der Waals surface area contributed by atoms with E-state index < -0.39 is 11.7 Å². The Morgan fingerprint density at radius 1 is 1.00 bits per heavy atom. The Kier molecular flexibility index (Phi) is 5.29. The molecule has 1 saturated heterocycles. The molecule has 0 unspecified atom stereocenters. The van der Waals surface area contributed by atoms with Crippen molar-refractivity contribution in [2.45, 2.75) is 6.18 Å². The molecule has 0 spiro atoms. The van der Waals surface area contributed by atoms with Gasteiger partial charge in [-0.2, -0.15) is 13.2 Å². The minimum Gasteiger partial charge on any atom is -0.353 e. The van der Waals surface area contributed by atoms with Crippen molar-refractivity contribution in [3.05, 3.63) is 57.7 Å². The van der Waals surface area contributed by atoms with E-state index in [1.165, 1.54) is 18.2 Å². The summed E-state index contributed by atoms with van der Waals surface area (Å²) < 4.78 is 38.5. The summed E-state index contributed by atoms with van der Waals surface area (Å²) in [7, 11) is 0. The summed E-state index contributed by atoms with van der Waals surface area (Å²) >= 11 is 11.8. The molecule has 1 amide bonds. The molecule has 138 valence electrons. The van der Waals surface area contributed by atoms with E-state index in [9.17, 15) is 18.0 Å². The summed E-state index contributed by atoms with van der Waals surface area (Å²) in [6.45, 7) is 1.49. The lowest BCUT2D eigenvalue weighted by molar-refractivity contribution is -0.137. The number of benzene rings is 1. The molecule has 0 N–H and O–H groups in total. The predicted octanol–water partition coefficient (Wildman–Crippen LogP) is 4.37. The van der Waals surface area contributed by atoms with E-state index in [0.29, 0.717) is 41.8 Å². The molecule has 1 aromatic heterocycles. The van der Waals surface area contributed by atoms with Gasteiger partial charge in [-0.15, -0.1) is 0 Å². The lowest BCUT2D eigenvalue weighted by Crippen LogP contribution is -2.49. The molecule has 1 aromatic carbocycles. The number of anilines is 1. The maximum absolute atomic E-state index is 12.8. The summed E-state index contributed by atoms with van der Waals surface area (Å²) in [4.78, 5) is 19.9. The van der Waals surface area contributed by atoms with Crippen molar-refractivity contribution < 1.29 is 18.0 Å². The normalized spacial score (nSPS) is 15.3. The van der Waals surface area contributed by atoms with E-state index in [1.807, 2.05) is 0 Å². The maximum Gasteiger partial charge on any atom is 0.416 e. The second kappa shape index (κ2) is 7.32. The molecular weight excluding hydrogens is 390 g/mol. The van der Waals surface area contributed by atoms with Crippen LogP contribution in [0.3, 0.4) is 0 Å². The number of amides is 1. The first-order chi connectivity index (χ1) is 12.2. The molecule has 2 heterocycles. The van der Waals surface area contributed by atoms with Crippen molar-refractivity contribution in [3.63, 3.8) is 0 Å². The van der Waals surface area contributed by atoms with Gasteiger partial charge in [0, 0.05) is 48.0 Å². The molecule has 0 aliphatic carbocycles. The Morgan fingerprint density at radius 3 is 2.19 bits per heavy atom. The van der Waals surface area contributed by atoms with Crippen LogP contribution in [0.4, 0.5) is 19.0 Å². The fourth-order valence-electron chi connectivity index (χ4n) is 2.77. The standard InChI is InChI=1S/C17H14Cl2F3N3O/c18-13-7-11(8-14(19)10-13)16(26)25-5-3-24(4-6-25)15-9-12(1-2-23-15)17(20,21)22/h1-2,7-10H,3-6H2. The monoisotopic (exact) mass is 403 g/mol. The molecule has 4 nitrogen and oxygen atoms in total. The van der Waals surface area contributed by atoms with E-state index in [1.54, 1.807) is 9.80 Å². The summed E-state index contributed by atoms with van der Waals surface area (Å²) in [5.41, 5.74) is -0.359. The van der Waals surface area contributed by atoms with Crippen molar-refractivity contribution in [1.82, 2.24) is 9.88 Å². The summed E-state index contributed by atoms with van der Waals surface area (Å²) in [6.07, 6.45) is -3.27. The van der Waals surface area contributed by atoms with E-state index >= 15 is 0 Å². The first-order valence-electron chi connectivity index (χ1n) is 7.77. The number of piperazine rings is 1. The molecular formula is C17H14Cl2F3N3O. The number of carbonyl (C=O) groups is 1. The summed E-state index contributed by atoms with van der Waals surface area (Å²) in [5.74, 6) is 0.0313. The quantitative estimate of drug-likeness (QED) is 0.746. The highest BCUT2D eigenvalue weighted by molar-refractivity contribution is 6.35. The Bertz CT molecular complexity index is 801. The van der Waals surface area contributed by atoms with Gasteiger partial charge in [-0.05, 0) is 30.3 Å². The molecule has 1 aliphatic heterocycles. The van der Waals surface area contributed by atoms with Crippen molar-refractivity contribution in [1.29, 1.82) is 0 Å². The smallest absolute Gasteiger partial charge is 0.353 e. The maximum atomic E-state index is 12.8. The first-order valence-corrected chi connectivity index (χ1v) is 8.53. The van der Waals surface area contributed by atoms with Gasteiger partial charge in [-0.1, -0.05) is 23.2 Å². The molecule has 26 heavy (non-hydrogen) atoms. The highest BCUT2D eigenvalue weighted by Crippen LogP contribution is 2.31. The van der Waals surface area contributed by atoms with Crippen LogP contribution >= 0.6 is 23.2 Å². The molecule has 1 fully saturated rings. The first kappa shape index (κ1) is 18.8. The molecule has 0 radical (unpaired) electrons. The number of halogens is 5. The number of hydrogen-bond acceptors (Lipinski definition) is 3. The topological polar surface area (TPSA) is 36.4 Å². The highest BCUT2D eigenvalue weighted by Gasteiger charge is 2.32. The lowest BCUT2D eigenvalue weighted by Gasteiger charge is -2.35. The van der Waals surface area contributed by atoms with Gasteiger partial charge in [0.2, 0.25) is 0 Å². The Hall–Kier alpha value is -1.99. The third kappa shape index (κ3) is 4.22. The minimum atomic E-state index is -4.42. The van der Waals surface area contributed by atoms with Crippen LogP contribution < -0.4 is 4.90 Å². The molecule has 0 atom stereocenters. The number of hydrogen-bond donors (Lipinski definition) is 0. The van der Waals surface area contributed by atoms with Crippen LogP contribution in [0.1, 0.15) is 15.9 Å². The number of alkyl halides is 3. The van der Waals surface area contributed by atoms with E-state index in [0.717, 1.165) is 18.3 Å². The molecule has 1 aliphatic rings. The lowest BCUT2D eigenvalue weighted by atomic mass is 10.1. The number of rotatable bonds is 2. The van der Waals surface area contributed by atoms with E-state index in [4.69, 9.17) is 23.2 Å². The second-order valence-corrected chi connectivity index (χ2v) is 6.71. The number of nitrogens with zero attached hydrogens (tertiary/aromatic N) is 3. The molecule has 0 bridgehead atoms. The Labute approximate surface area is 158 Å². The fourth-order valence-corrected chi connectivity index (χ4v) is 3.29. The third-order valence-electron chi connectivity index (χ3n) is 4.07.